The fourth-order valence-electron chi connectivity index (χ4n) is 1.42. The van der Waals surface area contributed by atoms with Crippen LogP contribution in [0.15, 0.2) is 12.1 Å². The Morgan fingerprint density at radius 2 is 2.11 bits per heavy atom. The fourth-order valence-corrected chi connectivity index (χ4v) is 1.42. The van der Waals surface area contributed by atoms with E-state index in [4.69, 9.17) is 4.74 Å². The van der Waals surface area contributed by atoms with Crippen molar-refractivity contribution in [2.75, 3.05) is 6.61 Å². The first-order valence-corrected chi connectivity index (χ1v) is 5.30. The molecule has 0 bridgehead atoms. The first-order valence-electron chi connectivity index (χ1n) is 5.30. The lowest BCUT2D eigenvalue weighted by Crippen LogP contribution is -2.13. The number of hydrogen-bond donors (Lipinski definition) is 0. The highest BCUT2D eigenvalue weighted by atomic mass is 19.1. The molecule has 7 heteroatoms. The third-order valence-corrected chi connectivity index (χ3v) is 2.62. The molecule has 1 aliphatic carbocycles. The first kappa shape index (κ1) is 12.4. The number of hydrogen-bond acceptors (Lipinski definition) is 4. The number of carbonyl (C=O) groups excluding carboxylic acids is 1. The maximum atomic E-state index is 13.6. The molecule has 0 aromatic heterocycles. The van der Waals surface area contributed by atoms with E-state index < -0.39 is 33.8 Å². The van der Waals surface area contributed by atoms with E-state index in [9.17, 15) is 23.7 Å². The predicted octanol–water partition coefficient (Wildman–Crippen LogP) is 2.44. The fraction of sp³-hybridized carbons (Fsp3) is 0.364. The molecule has 0 atom stereocenters. The molecule has 1 saturated carbocycles. The molecule has 18 heavy (non-hydrogen) atoms. The van der Waals surface area contributed by atoms with E-state index in [-0.39, 0.29) is 12.5 Å². The second-order valence-electron chi connectivity index (χ2n) is 4.05. The van der Waals surface area contributed by atoms with Gasteiger partial charge in [0.25, 0.3) is 0 Å². The highest BCUT2D eigenvalue weighted by Gasteiger charge is 2.29. The number of halogens is 2. The van der Waals surface area contributed by atoms with E-state index in [1.165, 1.54) is 0 Å². The number of benzene rings is 1. The quantitative estimate of drug-likeness (QED) is 0.472. The Balaban J connectivity index is 2.26. The van der Waals surface area contributed by atoms with Crippen molar-refractivity contribution in [3.8, 4) is 0 Å². The number of ether oxygens (including phenoxy) is 1. The molecule has 0 amide bonds. The lowest BCUT2D eigenvalue weighted by atomic mass is 10.1. The van der Waals surface area contributed by atoms with Crippen LogP contribution in [-0.4, -0.2) is 17.5 Å². The Hall–Kier alpha value is -2.05. The normalized spacial score (nSPS) is 14.3. The number of esters is 1. The van der Waals surface area contributed by atoms with Gasteiger partial charge in [-0.1, -0.05) is 0 Å². The molecule has 96 valence electrons. The van der Waals surface area contributed by atoms with Crippen LogP contribution in [0.1, 0.15) is 23.2 Å². The second-order valence-corrected chi connectivity index (χ2v) is 4.05. The zero-order chi connectivity index (χ0) is 13.3. The van der Waals surface area contributed by atoms with Gasteiger partial charge >= 0.3 is 11.7 Å². The molecule has 1 aromatic carbocycles. The third kappa shape index (κ3) is 2.44. The van der Waals surface area contributed by atoms with Crippen LogP contribution < -0.4 is 0 Å². The molecule has 1 aliphatic rings. The lowest BCUT2D eigenvalue weighted by molar-refractivity contribution is -0.387. The minimum atomic E-state index is -1.50. The van der Waals surface area contributed by atoms with Gasteiger partial charge < -0.3 is 4.74 Å². The van der Waals surface area contributed by atoms with Gasteiger partial charge in [0, 0.05) is 6.07 Å². The molecule has 0 N–H and O–H groups in total. The van der Waals surface area contributed by atoms with Crippen molar-refractivity contribution in [3.63, 3.8) is 0 Å². The maximum absolute atomic E-state index is 13.6. The number of rotatable bonds is 4. The summed E-state index contributed by atoms with van der Waals surface area (Å²) < 4.78 is 31.6. The second kappa shape index (κ2) is 4.67. The minimum Gasteiger partial charge on any atom is -0.462 e. The molecule has 0 aliphatic heterocycles. The number of carbonyl (C=O) groups is 1. The van der Waals surface area contributed by atoms with Crippen LogP contribution in [0.2, 0.25) is 0 Å². The average Bonchev–Trinajstić information content (AvgIpc) is 3.09. The summed E-state index contributed by atoms with van der Waals surface area (Å²) in [7, 11) is 0. The van der Waals surface area contributed by atoms with Crippen LogP contribution in [0.25, 0.3) is 0 Å². The van der Waals surface area contributed by atoms with Gasteiger partial charge in [0.05, 0.1) is 11.5 Å². The molecular weight excluding hydrogens is 248 g/mol. The predicted molar refractivity (Wildman–Crippen MR) is 56.0 cm³/mol. The maximum Gasteiger partial charge on any atom is 0.344 e. The van der Waals surface area contributed by atoms with Gasteiger partial charge in [-0.2, -0.15) is 4.39 Å². The van der Waals surface area contributed by atoms with Gasteiger partial charge in [-0.15, -0.1) is 0 Å². The smallest absolute Gasteiger partial charge is 0.344 e. The minimum absolute atomic E-state index is 0.0837. The Morgan fingerprint density at radius 3 is 2.67 bits per heavy atom. The number of nitro groups is 1. The highest BCUT2D eigenvalue weighted by Crippen LogP contribution is 2.30. The van der Waals surface area contributed by atoms with Crippen molar-refractivity contribution in [1.82, 2.24) is 0 Å². The number of nitrogens with zero attached hydrogens (tertiary/aromatic N) is 1. The van der Waals surface area contributed by atoms with E-state index in [0.717, 1.165) is 12.8 Å². The molecule has 1 fully saturated rings. The summed E-state index contributed by atoms with van der Waals surface area (Å²) in [5, 5.41) is 10.5. The van der Waals surface area contributed by atoms with Crippen molar-refractivity contribution >= 4 is 11.7 Å². The number of nitro benzene ring substituents is 1. The summed E-state index contributed by atoms with van der Waals surface area (Å²) in [4.78, 5) is 20.9. The van der Waals surface area contributed by atoms with Crippen molar-refractivity contribution in [3.05, 3.63) is 39.4 Å². The molecule has 0 unspecified atom stereocenters. The van der Waals surface area contributed by atoms with Gasteiger partial charge in [0.15, 0.2) is 0 Å². The van der Waals surface area contributed by atoms with Crippen molar-refractivity contribution in [2.24, 2.45) is 5.92 Å². The Labute approximate surface area is 101 Å². The van der Waals surface area contributed by atoms with Crippen molar-refractivity contribution in [1.29, 1.82) is 0 Å². The van der Waals surface area contributed by atoms with E-state index in [2.05, 4.69) is 0 Å². The van der Waals surface area contributed by atoms with Gasteiger partial charge in [-0.25, -0.2) is 9.18 Å². The molecule has 0 spiro atoms. The molecule has 2 rings (SSSR count). The van der Waals surface area contributed by atoms with Crippen LogP contribution >= 0.6 is 0 Å². The Bertz CT molecular complexity index is 514. The summed E-state index contributed by atoms with van der Waals surface area (Å²) in [6.07, 6.45) is 1.82. The Morgan fingerprint density at radius 1 is 1.44 bits per heavy atom. The molecular formula is C11H9F2NO4. The molecule has 5 nitrogen and oxygen atoms in total. The SMILES string of the molecule is O=C(OCC1CC1)c1c(F)ccc([N+](=O)[O-])c1F. The van der Waals surface area contributed by atoms with Crippen LogP contribution in [0.3, 0.4) is 0 Å². The molecule has 0 radical (unpaired) electrons. The summed E-state index contributed by atoms with van der Waals surface area (Å²) in [5.41, 5.74) is -1.96. The van der Waals surface area contributed by atoms with E-state index in [1.54, 1.807) is 0 Å². The summed E-state index contributed by atoms with van der Waals surface area (Å²) in [5.74, 6) is -3.64. The zero-order valence-electron chi connectivity index (χ0n) is 9.19. The summed E-state index contributed by atoms with van der Waals surface area (Å²) in [6, 6.07) is 1.34. The van der Waals surface area contributed by atoms with Crippen molar-refractivity contribution in [2.45, 2.75) is 12.8 Å². The van der Waals surface area contributed by atoms with Gasteiger partial charge in [-0.3, -0.25) is 10.1 Å². The van der Waals surface area contributed by atoms with Crippen LogP contribution in [-0.2, 0) is 4.74 Å². The summed E-state index contributed by atoms with van der Waals surface area (Å²) >= 11 is 0. The molecule has 1 aromatic rings. The van der Waals surface area contributed by atoms with Gasteiger partial charge in [0.1, 0.15) is 11.4 Å². The molecule has 0 saturated heterocycles. The average molecular weight is 257 g/mol. The largest absolute Gasteiger partial charge is 0.462 e. The van der Waals surface area contributed by atoms with Crippen LogP contribution in [0, 0.1) is 27.7 Å². The zero-order valence-corrected chi connectivity index (χ0v) is 9.19. The van der Waals surface area contributed by atoms with E-state index in [1.807, 2.05) is 0 Å². The Kier molecular flexibility index (Phi) is 3.22. The van der Waals surface area contributed by atoms with E-state index >= 15 is 0 Å². The van der Waals surface area contributed by atoms with Gasteiger partial charge in [0.2, 0.25) is 5.82 Å². The van der Waals surface area contributed by atoms with Crippen LogP contribution in [0.5, 0.6) is 0 Å². The van der Waals surface area contributed by atoms with Gasteiger partial charge in [-0.05, 0) is 24.8 Å². The third-order valence-electron chi connectivity index (χ3n) is 2.62. The first-order chi connectivity index (χ1) is 8.50. The van der Waals surface area contributed by atoms with E-state index in [0.29, 0.717) is 12.1 Å². The lowest BCUT2D eigenvalue weighted by Gasteiger charge is -2.05. The van der Waals surface area contributed by atoms with Crippen molar-refractivity contribution < 1.29 is 23.2 Å². The summed E-state index contributed by atoms with van der Waals surface area (Å²) in [6.45, 7) is 0.0837. The highest BCUT2D eigenvalue weighted by molar-refractivity contribution is 5.90. The topological polar surface area (TPSA) is 69.4 Å². The monoisotopic (exact) mass is 257 g/mol. The standard InChI is InChI=1S/C11H9F2NO4/c12-7-3-4-8(14(16)17)10(13)9(7)11(15)18-5-6-1-2-6/h3-4,6H,1-2,5H2. The van der Waals surface area contributed by atoms with Crippen LogP contribution in [0.4, 0.5) is 14.5 Å². The molecule has 0 heterocycles.